The van der Waals surface area contributed by atoms with E-state index in [1.54, 1.807) is 28.7 Å². The van der Waals surface area contributed by atoms with E-state index in [2.05, 4.69) is 39.2 Å². The minimum atomic E-state index is 0.557. The van der Waals surface area contributed by atoms with Crippen LogP contribution in [0.15, 0.2) is 12.7 Å². The van der Waals surface area contributed by atoms with Gasteiger partial charge in [0.2, 0.25) is 0 Å². The molecule has 0 aliphatic heterocycles. The molecule has 0 aliphatic rings. The van der Waals surface area contributed by atoms with Crippen molar-refractivity contribution in [2.24, 2.45) is 7.05 Å². The van der Waals surface area contributed by atoms with E-state index in [4.69, 9.17) is 0 Å². The van der Waals surface area contributed by atoms with Gasteiger partial charge in [-0.15, -0.1) is 11.3 Å². The maximum Gasteiger partial charge on any atom is 0.169 e. The van der Waals surface area contributed by atoms with Crippen LogP contribution in [0.5, 0.6) is 0 Å². The Morgan fingerprint density at radius 1 is 1.26 bits per heavy atom. The first-order valence-corrected chi connectivity index (χ1v) is 6.76. The predicted molar refractivity (Wildman–Crippen MR) is 75.2 cm³/mol. The number of anilines is 1. The van der Waals surface area contributed by atoms with Crippen molar-refractivity contribution < 1.29 is 0 Å². The van der Waals surface area contributed by atoms with Gasteiger partial charge in [-0.3, -0.25) is 4.68 Å². The molecule has 0 amide bonds. The zero-order chi connectivity index (χ0) is 13.4. The standard InChI is InChI=1S/C12H14N6S/c1-7-8(2)19-12-10(7)11(14-5-15-12)13-4-9-16-6-18(3)17-9/h5-6H,4H2,1-3H3,(H,13,14,15). The summed E-state index contributed by atoms with van der Waals surface area (Å²) in [5, 5.41) is 8.62. The fourth-order valence-electron chi connectivity index (χ4n) is 1.94. The molecular weight excluding hydrogens is 260 g/mol. The van der Waals surface area contributed by atoms with Gasteiger partial charge in [0.25, 0.3) is 0 Å². The molecule has 0 saturated heterocycles. The number of nitrogens with one attached hydrogen (secondary N) is 1. The van der Waals surface area contributed by atoms with Gasteiger partial charge in [-0.2, -0.15) is 5.10 Å². The lowest BCUT2D eigenvalue weighted by Gasteiger charge is -2.04. The summed E-state index contributed by atoms with van der Waals surface area (Å²) in [4.78, 5) is 15.1. The molecule has 3 rings (SSSR count). The summed E-state index contributed by atoms with van der Waals surface area (Å²) in [6.07, 6.45) is 3.28. The molecule has 0 spiro atoms. The van der Waals surface area contributed by atoms with Crippen molar-refractivity contribution >= 4 is 27.4 Å². The molecule has 0 aliphatic carbocycles. The highest BCUT2D eigenvalue weighted by atomic mass is 32.1. The van der Waals surface area contributed by atoms with E-state index >= 15 is 0 Å². The van der Waals surface area contributed by atoms with Crippen molar-refractivity contribution in [3.8, 4) is 0 Å². The zero-order valence-electron chi connectivity index (χ0n) is 11.0. The molecular formula is C12H14N6S. The third kappa shape index (κ3) is 2.17. The number of aromatic nitrogens is 5. The summed E-state index contributed by atoms with van der Waals surface area (Å²) < 4.78 is 1.69. The van der Waals surface area contributed by atoms with Crippen LogP contribution in [0.4, 0.5) is 5.82 Å². The average Bonchev–Trinajstić information content (AvgIpc) is 2.93. The van der Waals surface area contributed by atoms with Crippen LogP contribution in [0.1, 0.15) is 16.3 Å². The Kier molecular flexibility index (Phi) is 2.90. The molecule has 19 heavy (non-hydrogen) atoms. The van der Waals surface area contributed by atoms with Gasteiger partial charge in [0.1, 0.15) is 23.3 Å². The molecule has 0 fully saturated rings. The van der Waals surface area contributed by atoms with Crippen LogP contribution in [0.25, 0.3) is 10.2 Å². The monoisotopic (exact) mass is 274 g/mol. The van der Waals surface area contributed by atoms with Crippen LogP contribution in [0, 0.1) is 13.8 Å². The smallest absolute Gasteiger partial charge is 0.169 e. The third-order valence-corrected chi connectivity index (χ3v) is 4.14. The van der Waals surface area contributed by atoms with E-state index in [0.717, 1.165) is 21.9 Å². The van der Waals surface area contributed by atoms with Gasteiger partial charge < -0.3 is 5.32 Å². The number of aryl methyl sites for hydroxylation is 3. The van der Waals surface area contributed by atoms with Gasteiger partial charge in [-0.25, -0.2) is 15.0 Å². The minimum Gasteiger partial charge on any atom is -0.362 e. The van der Waals surface area contributed by atoms with E-state index in [9.17, 15) is 0 Å². The lowest BCUT2D eigenvalue weighted by molar-refractivity contribution is 0.747. The second-order valence-corrected chi connectivity index (χ2v) is 5.58. The second-order valence-electron chi connectivity index (χ2n) is 4.37. The molecule has 0 bridgehead atoms. The second kappa shape index (κ2) is 4.58. The Hall–Kier alpha value is -2.02. The Morgan fingerprint density at radius 3 is 2.84 bits per heavy atom. The van der Waals surface area contributed by atoms with Crippen molar-refractivity contribution in [2.75, 3.05) is 5.32 Å². The largest absolute Gasteiger partial charge is 0.362 e. The van der Waals surface area contributed by atoms with Crippen molar-refractivity contribution in [1.29, 1.82) is 0 Å². The number of rotatable bonds is 3. The molecule has 1 N–H and O–H groups in total. The third-order valence-electron chi connectivity index (χ3n) is 3.03. The van der Waals surface area contributed by atoms with Gasteiger partial charge in [0, 0.05) is 11.9 Å². The molecule has 98 valence electrons. The van der Waals surface area contributed by atoms with Gasteiger partial charge >= 0.3 is 0 Å². The summed E-state index contributed by atoms with van der Waals surface area (Å²) in [7, 11) is 1.85. The summed E-state index contributed by atoms with van der Waals surface area (Å²) in [6, 6.07) is 0. The maximum absolute atomic E-state index is 4.33. The first-order chi connectivity index (χ1) is 9.15. The summed E-state index contributed by atoms with van der Waals surface area (Å²) in [5.41, 5.74) is 1.23. The molecule has 3 aromatic rings. The molecule has 3 aromatic heterocycles. The molecule has 3 heterocycles. The van der Waals surface area contributed by atoms with Crippen LogP contribution in [-0.2, 0) is 13.6 Å². The average molecular weight is 274 g/mol. The van der Waals surface area contributed by atoms with Crippen LogP contribution in [-0.4, -0.2) is 24.7 Å². The fourth-order valence-corrected chi connectivity index (χ4v) is 2.94. The highest BCUT2D eigenvalue weighted by molar-refractivity contribution is 7.18. The minimum absolute atomic E-state index is 0.557. The number of nitrogens with zero attached hydrogens (tertiary/aromatic N) is 5. The van der Waals surface area contributed by atoms with E-state index in [0.29, 0.717) is 6.54 Å². The van der Waals surface area contributed by atoms with Crippen LogP contribution < -0.4 is 5.32 Å². The Balaban J connectivity index is 1.92. The number of thiophene rings is 1. The van der Waals surface area contributed by atoms with E-state index < -0.39 is 0 Å². The van der Waals surface area contributed by atoms with Crippen molar-refractivity contribution in [2.45, 2.75) is 20.4 Å². The van der Waals surface area contributed by atoms with Crippen molar-refractivity contribution in [3.05, 3.63) is 28.9 Å². The zero-order valence-corrected chi connectivity index (χ0v) is 11.8. The summed E-state index contributed by atoms with van der Waals surface area (Å²) in [5.74, 6) is 1.60. The lowest BCUT2D eigenvalue weighted by Crippen LogP contribution is -2.04. The molecule has 0 radical (unpaired) electrons. The van der Waals surface area contributed by atoms with Crippen LogP contribution in [0.2, 0.25) is 0 Å². The number of hydrogen-bond acceptors (Lipinski definition) is 6. The lowest BCUT2D eigenvalue weighted by atomic mass is 10.2. The topological polar surface area (TPSA) is 68.5 Å². The highest BCUT2D eigenvalue weighted by Gasteiger charge is 2.12. The van der Waals surface area contributed by atoms with E-state index in [1.165, 1.54) is 10.4 Å². The van der Waals surface area contributed by atoms with Gasteiger partial charge in [0.15, 0.2) is 5.82 Å². The van der Waals surface area contributed by atoms with Crippen LogP contribution >= 0.6 is 11.3 Å². The molecule has 0 saturated carbocycles. The first kappa shape index (κ1) is 12.0. The molecule has 7 heteroatoms. The summed E-state index contributed by atoms with van der Waals surface area (Å²) >= 11 is 1.69. The number of fused-ring (bicyclic) bond motifs is 1. The normalized spacial score (nSPS) is 11.1. The number of hydrogen-bond donors (Lipinski definition) is 1. The highest BCUT2D eigenvalue weighted by Crippen LogP contribution is 2.32. The van der Waals surface area contributed by atoms with Crippen molar-refractivity contribution in [1.82, 2.24) is 24.7 Å². The van der Waals surface area contributed by atoms with Gasteiger partial charge in [0.05, 0.1) is 11.9 Å². The summed E-state index contributed by atoms with van der Waals surface area (Å²) in [6.45, 7) is 4.76. The molecule has 0 aromatic carbocycles. The van der Waals surface area contributed by atoms with E-state index in [1.807, 2.05) is 7.05 Å². The maximum atomic E-state index is 4.33. The SMILES string of the molecule is Cc1sc2ncnc(NCc3ncn(C)n3)c2c1C. The predicted octanol–water partition coefficient (Wildman–Crippen LogP) is 2.05. The van der Waals surface area contributed by atoms with Crippen LogP contribution in [0.3, 0.4) is 0 Å². The molecule has 6 nitrogen and oxygen atoms in total. The Labute approximate surface area is 114 Å². The Morgan fingerprint density at radius 2 is 2.11 bits per heavy atom. The van der Waals surface area contributed by atoms with Gasteiger partial charge in [-0.1, -0.05) is 0 Å². The van der Waals surface area contributed by atoms with Crippen molar-refractivity contribution in [3.63, 3.8) is 0 Å². The quantitative estimate of drug-likeness (QED) is 0.791. The molecule has 0 atom stereocenters. The fraction of sp³-hybridized carbons (Fsp3) is 0.333. The van der Waals surface area contributed by atoms with E-state index in [-0.39, 0.29) is 0 Å². The van der Waals surface area contributed by atoms with Gasteiger partial charge in [-0.05, 0) is 19.4 Å². The Bertz CT molecular complexity index is 729. The first-order valence-electron chi connectivity index (χ1n) is 5.94. The molecule has 0 unspecified atom stereocenters.